The van der Waals surface area contributed by atoms with E-state index in [-0.39, 0.29) is 11.5 Å². The topological polar surface area (TPSA) is 98.4 Å². The molecule has 0 saturated carbocycles. The average molecular weight is 393 g/mol. The Morgan fingerprint density at radius 1 is 1.14 bits per heavy atom. The van der Waals surface area contributed by atoms with Crippen LogP contribution in [0, 0.1) is 5.82 Å². The highest BCUT2D eigenvalue weighted by atomic mass is 19.1. The van der Waals surface area contributed by atoms with Crippen molar-refractivity contribution in [1.29, 1.82) is 0 Å². The molecule has 3 N–H and O–H groups in total. The number of nitrogens with two attached hydrogens (primary N) is 1. The van der Waals surface area contributed by atoms with Crippen molar-refractivity contribution < 1.29 is 14.3 Å². The number of rotatable bonds is 5. The number of fused-ring (bicyclic) bond motifs is 1. The smallest absolute Gasteiger partial charge is 0.267 e. The maximum Gasteiger partial charge on any atom is 0.267 e. The van der Waals surface area contributed by atoms with Gasteiger partial charge in [0.25, 0.3) is 5.91 Å². The standard InChI is InChI=1S/C21H20FN5O2/c1-21(2,29)11-26-12-25-18(13-3-6-15(22)7-4-13)19(26)14-5-8-17-24-9-16(20(23)28)27(17)10-14/h3-10,12,29H,11H2,1-2H3,(H2,23,28). The van der Waals surface area contributed by atoms with E-state index >= 15 is 0 Å². The minimum absolute atomic E-state index is 0.263. The molecular weight excluding hydrogens is 373 g/mol. The van der Waals surface area contributed by atoms with E-state index in [2.05, 4.69) is 9.97 Å². The van der Waals surface area contributed by atoms with Gasteiger partial charge in [-0.1, -0.05) is 0 Å². The van der Waals surface area contributed by atoms with Gasteiger partial charge in [-0.05, 0) is 50.2 Å². The van der Waals surface area contributed by atoms with Crippen LogP contribution in [0.2, 0.25) is 0 Å². The van der Waals surface area contributed by atoms with Crippen LogP contribution in [0.25, 0.3) is 28.2 Å². The molecule has 0 unspecified atom stereocenters. The molecule has 0 bridgehead atoms. The van der Waals surface area contributed by atoms with Crippen molar-refractivity contribution in [3.05, 3.63) is 66.6 Å². The van der Waals surface area contributed by atoms with Crippen molar-refractivity contribution in [1.82, 2.24) is 18.9 Å². The van der Waals surface area contributed by atoms with E-state index in [1.165, 1.54) is 18.3 Å². The zero-order valence-corrected chi connectivity index (χ0v) is 16.0. The highest BCUT2D eigenvalue weighted by molar-refractivity contribution is 5.92. The summed E-state index contributed by atoms with van der Waals surface area (Å²) < 4.78 is 16.9. The fraction of sp³-hybridized carbons (Fsp3) is 0.190. The van der Waals surface area contributed by atoms with E-state index in [9.17, 15) is 14.3 Å². The van der Waals surface area contributed by atoms with Gasteiger partial charge in [0, 0.05) is 17.3 Å². The molecular formula is C21H20FN5O2. The Hall–Kier alpha value is -3.52. The largest absolute Gasteiger partial charge is 0.389 e. The van der Waals surface area contributed by atoms with Gasteiger partial charge in [0.2, 0.25) is 0 Å². The van der Waals surface area contributed by atoms with E-state index in [4.69, 9.17) is 5.73 Å². The molecule has 1 amide bonds. The van der Waals surface area contributed by atoms with Crippen LogP contribution >= 0.6 is 0 Å². The predicted molar refractivity (Wildman–Crippen MR) is 107 cm³/mol. The van der Waals surface area contributed by atoms with Gasteiger partial charge < -0.3 is 15.4 Å². The van der Waals surface area contributed by atoms with Crippen molar-refractivity contribution in [3.8, 4) is 22.5 Å². The van der Waals surface area contributed by atoms with Gasteiger partial charge in [0.15, 0.2) is 0 Å². The van der Waals surface area contributed by atoms with E-state index in [1.807, 2.05) is 10.6 Å². The molecule has 3 heterocycles. The molecule has 0 aliphatic heterocycles. The van der Waals surface area contributed by atoms with Gasteiger partial charge in [-0.3, -0.25) is 9.20 Å². The average Bonchev–Trinajstić information content (AvgIpc) is 3.24. The van der Waals surface area contributed by atoms with Crippen molar-refractivity contribution >= 4 is 11.6 Å². The Morgan fingerprint density at radius 3 is 2.48 bits per heavy atom. The lowest BCUT2D eigenvalue weighted by molar-refractivity contribution is 0.0619. The van der Waals surface area contributed by atoms with Crippen LogP contribution in [-0.4, -0.2) is 35.6 Å². The molecule has 0 spiro atoms. The SMILES string of the molecule is CC(C)(O)Cn1cnc(-c2ccc(F)cc2)c1-c1ccc2ncc(C(N)=O)n2c1. The van der Waals surface area contributed by atoms with Gasteiger partial charge >= 0.3 is 0 Å². The Balaban J connectivity index is 1.94. The normalized spacial score (nSPS) is 11.9. The summed E-state index contributed by atoms with van der Waals surface area (Å²) >= 11 is 0. The first-order valence-electron chi connectivity index (χ1n) is 9.04. The monoisotopic (exact) mass is 393 g/mol. The number of primary amides is 1. The number of carbonyl (C=O) groups excluding carboxylic acids is 1. The molecule has 0 radical (unpaired) electrons. The first-order valence-corrected chi connectivity index (χ1v) is 9.04. The number of nitrogens with zero attached hydrogens (tertiary/aromatic N) is 4. The highest BCUT2D eigenvalue weighted by Crippen LogP contribution is 2.32. The van der Waals surface area contributed by atoms with E-state index < -0.39 is 11.5 Å². The van der Waals surface area contributed by atoms with Gasteiger partial charge in [-0.2, -0.15) is 0 Å². The number of hydrogen-bond donors (Lipinski definition) is 2. The van der Waals surface area contributed by atoms with Crippen molar-refractivity contribution in [3.63, 3.8) is 0 Å². The number of carbonyl (C=O) groups is 1. The molecule has 0 atom stereocenters. The second-order valence-electron chi connectivity index (χ2n) is 7.54. The lowest BCUT2D eigenvalue weighted by Crippen LogP contribution is -2.26. The van der Waals surface area contributed by atoms with Crippen LogP contribution in [0.3, 0.4) is 0 Å². The minimum Gasteiger partial charge on any atom is -0.389 e. The number of halogens is 1. The van der Waals surface area contributed by atoms with Crippen LogP contribution in [0.15, 0.2) is 55.1 Å². The molecule has 0 fully saturated rings. The molecule has 0 aliphatic carbocycles. The van der Waals surface area contributed by atoms with E-state index in [0.717, 1.165) is 16.8 Å². The zero-order valence-electron chi connectivity index (χ0n) is 16.0. The predicted octanol–water partition coefficient (Wildman–Crippen LogP) is 2.87. The van der Waals surface area contributed by atoms with Crippen LogP contribution in [0.4, 0.5) is 4.39 Å². The first kappa shape index (κ1) is 18.8. The molecule has 0 saturated heterocycles. The third kappa shape index (κ3) is 3.62. The summed E-state index contributed by atoms with van der Waals surface area (Å²) in [5.41, 5.74) is 8.16. The third-order valence-corrected chi connectivity index (χ3v) is 4.54. The van der Waals surface area contributed by atoms with Crippen LogP contribution in [-0.2, 0) is 6.54 Å². The Morgan fingerprint density at radius 2 is 1.83 bits per heavy atom. The van der Waals surface area contributed by atoms with Crippen LogP contribution in [0.1, 0.15) is 24.3 Å². The van der Waals surface area contributed by atoms with Crippen molar-refractivity contribution in [2.45, 2.75) is 26.0 Å². The molecule has 148 valence electrons. The first-order chi connectivity index (χ1) is 13.7. The number of aliphatic hydroxyl groups is 1. The Bertz CT molecular complexity index is 1200. The maximum atomic E-state index is 13.4. The molecule has 29 heavy (non-hydrogen) atoms. The number of benzene rings is 1. The lowest BCUT2D eigenvalue weighted by atomic mass is 10.0. The Kier molecular flexibility index (Phi) is 4.43. The highest BCUT2D eigenvalue weighted by Gasteiger charge is 2.21. The summed E-state index contributed by atoms with van der Waals surface area (Å²) in [5, 5.41) is 10.3. The van der Waals surface area contributed by atoms with Crippen molar-refractivity contribution in [2.75, 3.05) is 0 Å². The van der Waals surface area contributed by atoms with E-state index in [1.54, 1.807) is 49.0 Å². The van der Waals surface area contributed by atoms with Gasteiger partial charge in [0.1, 0.15) is 17.2 Å². The van der Waals surface area contributed by atoms with Crippen LogP contribution < -0.4 is 5.73 Å². The molecule has 4 rings (SSSR count). The molecule has 3 aromatic heterocycles. The van der Waals surface area contributed by atoms with Gasteiger partial charge in [-0.15, -0.1) is 0 Å². The number of imidazole rings is 2. The second kappa shape index (κ2) is 6.82. The molecule has 1 aromatic carbocycles. The molecule has 7 nitrogen and oxygen atoms in total. The fourth-order valence-electron chi connectivity index (χ4n) is 3.34. The summed E-state index contributed by atoms with van der Waals surface area (Å²) in [4.78, 5) is 20.4. The summed E-state index contributed by atoms with van der Waals surface area (Å²) in [7, 11) is 0. The zero-order chi connectivity index (χ0) is 20.8. The second-order valence-corrected chi connectivity index (χ2v) is 7.54. The quantitative estimate of drug-likeness (QED) is 0.545. The minimum atomic E-state index is -0.979. The lowest BCUT2D eigenvalue weighted by Gasteiger charge is -2.20. The van der Waals surface area contributed by atoms with E-state index in [0.29, 0.717) is 17.9 Å². The summed E-state index contributed by atoms with van der Waals surface area (Å²) in [5.74, 6) is -0.921. The molecule has 0 aliphatic rings. The molecule has 8 heteroatoms. The summed E-state index contributed by atoms with van der Waals surface area (Å²) in [6.07, 6.45) is 4.82. The number of aromatic nitrogens is 4. The molecule has 4 aromatic rings. The summed E-state index contributed by atoms with van der Waals surface area (Å²) in [6.45, 7) is 3.71. The third-order valence-electron chi connectivity index (χ3n) is 4.54. The Labute approximate surface area is 166 Å². The van der Waals surface area contributed by atoms with Gasteiger partial charge in [0.05, 0.1) is 36.1 Å². The van der Waals surface area contributed by atoms with Crippen molar-refractivity contribution in [2.24, 2.45) is 5.73 Å². The summed E-state index contributed by atoms with van der Waals surface area (Å²) in [6, 6.07) is 9.69. The number of hydrogen-bond acceptors (Lipinski definition) is 4. The number of pyridine rings is 1. The van der Waals surface area contributed by atoms with Crippen LogP contribution in [0.5, 0.6) is 0 Å². The number of amides is 1. The van der Waals surface area contributed by atoms with Gasteiger partial charge in [-0.25, -0.2) is 14.4 Å². The fourth-order valence-corrected chi connectivity index (χ4v) is 3.34. The maximum absolute atomic E-state index is 13.4.